The maximum atomic E-state index is 5.41. The number of rotatable bonds is 0. The van der Waals surface area contributed by atoms with Crippen LogP contribution in [0.15, 0.2) is 18.2 Å². The molecule has 1 aromatic carbocycles. The average molecular weight is 160 g/mol. The molecule has 2 rings (SSSR count). The minimum absolute atomic E-state index is 0.200. The summed E-state index contributed by atoms with van der Waals surface area (Å²) in [6.45, 7) is 6.32. The molecule has 0 aromatic heterocycles. The first kappa shape index (κ1) is 7.66. The lowest BCUT2D eigenvalue weighted by Gasteiger charge is -2.31. The van der Waals surface area contributed by atoms with Crippen LogP contribution in [-0.4, -0.2) is 0 Å². The number of benzene rings is 1. The zero-order valence-corrected chi connectivity index (χ0v) is 7.42. The van der Waals surface area contributed by atoms with Gasteiger partial charge in [-0.25, -0.2) is 0 Å². The Kier molecular flexibility index (Phi) is 1.60. The molecule has 0 atom stereocenters. The molecule has 0 amide bonds. The van der Waals surface area contributed by atoms with E-state index in [1.165, 1.54) is 5.56 Å². The fourth-order valence-corrected chi connectivity index (χ4v) is 1.50. The van der Waals surface area contributed by atoms with Gasteiger partial charge in [-0.15, -0.1) is 0 Å². The van der Waals surface area contributed by atoms with Crippen molar-refractivity contribution < 1.29 is 4.74 Å². The van der Waals surface area contributed by atoms with E-state index in [9.17, 15) is 0 Å². The Morgan fingerprint density at radius 2 is 2.33 bits per heavy atom. The molecule has 0 unspecified atom stereocenters. The topological polar surface area (TPSA) is 9.23 Å². The van der Waals surface area contributed by atoms with E-state index in [0.29, 0.717) is 0 Å². The number of fused-ring (bicyclic) bond motifs is 1. The Morgan fingerprint density at radius 3 is 3.08 bits per heavy atom. The van der Waals surface area contributed by atoms with Gasteiger partial charge in [-0.1, -0.05) is 19.9 Å². The molecule has 1 aromatic rings. The summed E-state index contributed by atoms with van der Waals surface area (Å²) in [5, 5.41) is 0. The van der Waals surface area contributed by atoms with Crippen LogP contribution in [0.1, 0.15) is 25.8 Å². The van der Waals surface area contributed by atoms with Crippen molar-refractivity contribution in [2.75, 3.05) is 0 Å². The summed E-state index contributed by atoms with van der Waals surface area (Å²) < 4.78 is 5.41. The van der Waals surface area contributed by atoms with Gasteiger partial charge in [-0.05, 0) is 30.0 Å². The summed E-state index contributed by atoms with van der Waals surface area (Å²) in [7, 11) is 0. The smallest absolute Gasteiger partial charge is 0.136 e. The molecule has 1 aliphatic heterocycles. The standard InChI is InChI=1S/C11H12O/c1-11(2)7-8-12-10-6-4-3-5-9(10)11/h4-6,8H,7H2,1-2H3. The van der Waals surface area contributed by atoms with Gasteiger partial charge in [0.1, 0.15) is 12.4 Å². The molecule has 0 spiro atoms. The molecule has 0 aliphatic carbocycles. The third-order valence-corrected chi connectivity index (χ3v) is 2.36. The molecule has 1 nitrogen and oxygen atoms in total. The maximum Gasteiger partial charge on any atom is 0.136 e. The quantitative estimate of drug-likeness (QED) is 0.567. The summed E-state index contributed by atoms with van der Waals surface area (Å²) in [5.74, 6) is 0.977. The first-order chi connectivity index (χ1) is 5.70. The summed E-state index contributed by atoms with van der Waals surface area (Å²) >= 11 is 0. The summed E-state index contributed by atoms with van der Waals surface area (Å²) in [6.07, 6.45) is 0.970. The van der Waals surface area contributed by atoms with Crippen LogP contribution >= 0.6 is 0 Å². The molecule has 62 valence electrons. The third kappa shape index (κ3) is 1.09. The molecule has 0 saturated heterocycles. The second-order valence-corrected chi connectivity index (χ2v) is 3.79. The van der Waals surface area contributed by atoms with Crippen molar-refractivity contribution in [3.05, 3.63) is 36.4 Å². The molecule has 1 aliphatic rings. The summed E-state index contributed by atoms with van der Waals surface area (Å²) in [6, 6.07) is 8.95. The van der Waals surface area contributed by atoms with E-state index in [1.807, 2.05) is 24.8 Å². The van der Waals surface area contributed by atoms with Gasteiger partial charge < -0.3 is 4.74 Å². The van der Waals surface area contributed by atoms with E-state index in [0.717, 1.165) is 12.2 Å². The van der Waals surface area contributed by atoms with Crippen LogP contribution < -0.4 is 4.74 Å². The lowest BCUT2D eigenvalue weighted by Crippen LogP contribution is -2.23. The molecular formula is C11H12O. The highest BCUT2D eigenvalue weighted by molar-refractivity contribution is 5.40. The minimum atomic E-state index is 0.200. The van der Waals surface area contributed by atoms with Crippen molar-refractivity contribution in [2.24, 2.45) is 0 Å². The molecule has 1 heteroatoms. The van der Waals surface area contributed by atoms with Crippen molar-refractivity contribution in [3.8, 4) is 5.75 Å². The highest BCUT2D eigenvalue weighted by Crippen LogP contribution is 2.38. The van der Waals surface area contributed by atoms with Crippen molar-refractivity contribution in [3.63, 3.8) is 0 Å². The van der Waals surface area contributed by atoms with Gasteiger partial charge in [0.2, 0.25) is 0 Å². The maximum absolute atomic E-state index is 5.41. The van der Waals surface area contributed by atoms with E-state index in [-0.39, 0.29) is 5.41 Å². The largest absolute Gasteiger partial charge is 0.486 e. The monoisotopic (exact) mass is 160 g/mol. The molecule has 12 heavy (non-hydrogen) atoms. The number of hydrogen-bond donors (Lipinski definition) is 0. The Balaban J connectivity index is 2.52. The number of hydrogen-bond acceptors (Lipinski definition) is 1. The summed E-state index contributed by atoms with van der Waals surface area (Å²) in [4.78, 5) is 0. The van der Waals surface area contributed by atoms with E-state index in [2.05, 4.69) is 19.9 Å². The Bertz CT molecular complexity index is 289. The Labute approximate surface area is 73.4 Å². The van der Waals surface area contributed by atoms with Crippen molar-refractivity contribution >= 4 is 0 Å². The normalized spacial score (nSPS) is 19.5. The molecule has 0 saturated carbocycles. The van der Waals surface area contributed by atoms with E-state index in [1.54, 1.807) is 0 Å². The molecular weight excluding hydrogens is 148 g/mol. The van der Waals surface area contributed by atoms with Crippen molar-refractivity contribution in [1.82, 2.24) is 0 Å². The zero-order chi connectivity index (χ0) is 8.60. The summed E-state index contributed by atoms with van der Waals surface area (Å²) in [5.41, 5.74) is 1.46. The predicted octanol–water partition coefficient (Wildman–Crippen LogP) is 2.71. The van der Waals surface area contributed by atoms with Gasteiger partial charge in [0.15, 0.2) is 0 Å². The lowest BCUT2D eigenvalue weighted by atomic mass is 9.80. The predicted molar refractivity (Wildman–Crippen MR) is 47.8 cm³/mol. The molecule has 0 bridgehead atoms. The second kappa shape index (κ2) is 2.51. The van der Waals surface area contributed by atoms with Gasteiger partial charge in [0, 0.05) is 5.56 Å². The Morgan fingerprint density at radius 1 is 1.50 bits per heavy atom. The van der Waals surface area contributed by atoms with Gasteiger partial charge >= 0.3 is 0 Å². The fraction of sp³-hybridized carbons (Fsp3) is 0.364. The zero-order valence-electron chi connectivity index (χ0n) is 7.42. The number of ether oxygens (including phenoxy) is 1. The minimum Gasteiger partial charge on any atom is -0.486 e. The van der Waals surface area contributed by atoms with Crippen LogP contribution in [0.3, 0.4) is 0 Å². The van der Waals surface area contributed by atoms with Gasteiger partial charge in [0.05, 0.1) is 0 Å². The fourth-order valence-electron chi connectivity index (χ4n) is 1.50. The third-order valence-electron chi connectivity index (χ3n) is 2.36. The highest BCUT2D eigenvalue weighted by Gasteiger charge is 2.28. The van der Waals surface area contributed by atoms with Crippen LogP contribution in [0.4, 0.5) is 0 Å². The van der Waals surface area contributed by atoms with Crippen LogP contribution in [0.5, 0.6) is 5.75 Å². The lowest BCUT2D eigenvalue weighted by molar-refractivity contribution is 0.301. The Hall–Kier alpha value is -0.980. The second-order valence-electron chi connectivity index (χ2n) is 3.79. The van der Waals surface area contributed by atoms with Crippen LogP contribution in [0.2, 0.25) is 0 Å². The van der Waals surface area contributed by atoms with Gasteiger partial charge in [-0.3, -0.25) is 0 Å². The van der Waals surface area contributed by atoms with Gasteiger partial charge in [-0.2, -0.15) is 0 Å². The van der Waals surface area contributed by atoms with E-state index >= 15 is 0 Å². The van der Waals surface area contributed by atoms with Crippen LogP contribution in [0.25, 0.3) is 0 Å². The van der Waals surface area contributed by atoms with Crippen molar-refractivity contribution in [1.29, 1.82) is 0 Å². The van der Waals surface area contributed by atoms with Crippen molar-refractivity contribution in [2.45, 2.75) is 25.7 Å². The molecule has 0 N–H and O–H groups in total. The molecule has 1 heterocycles. The molecule has 2 radical (unpaired) electrons. The molecule has 0 fully saturated rings. The first-order valence-corrected chi connectivity index (χ1v) is 4.19. The van der Waals surface area contributed by atoms with E-state index < -0.39 is 0 Å². The van der Waals surface area contributed by atoms with Crippen LogP contribution in [-0.2, 0) is 5.41 Å². The average Bonchev–Trinajstić information content (AvgIpc) is 2.04. The highest BCUT2D eigenvalue weighted by atomic mass is 16.5. The van der Waals surface area contributed by atoms with Crippen LogP contribution in [0, 0.1) is 12.7 Å². The SMILES string of the molecule is CC1(C)C[CH]Oc2cc[c]cc21. The van der Waals surface area contributed by atoms with E-state index in [4.69, 9.17) is 4.74 Å². The van der Waals surface area contributed by atoms with Gasteiger partial charge in [0.25, 0.3) is 0 Å². The first-order valence-electron chi connectivity index (χ1n) is 4.19.